The lowest BCUT2D eigenvalue weighted by Gasteiger charge is -2.12. The van der Waals surface area contributed by atoms with E-state index < -0.39 is 0 Å². The van der Waals surface area contributed by atoms with Crippen molar-refractivity contribution in [3.8, 4) is 5.75 Å². The maximum Gasteiger partial charge on any atom is 0.268 e. The van der Waals surface area contributed by atoms with Gasteiger partial charge in [-0.05, 0) is 38.1 Å². The number of aromatic nitrogens is 2. The molecule has 1 aromatic carbocycles. The molecule has 0 aliphatic carbocycles. The summed E-state index contributed by atoms with van der Waals surface area (Å²) >= 11 is 2.89. The number of carbonyl (C=O) groups is 1. The van der Waals surface area contributed by atoms with Crippen molar-refractivity contribution in [3.05, 3.63) is 40.3 Å². The fraction of sp³-hybridized carbons (Fsp3) is 0.421. The van der Waals surface area contributed by atoms with Gasteiger partial charge in [-0.15, -0.1) is 11.8 Å². The van der Waals surface area contributed by atoms with Crippen molar-refractivity contribution in [3.63, 3.8) is 0 Å². The van der Waals surface area contributed by atoms with Gasteiger partial charge in [-0.3, -0.25) is 14.2 Å². The summed E-state index contributed by atoms with van der Waals surface area (Å²) in [7, 11) is 0. The number of fused-ring (bicyclic) bond motifs is 1. The molecule has 1 amide bonds. The van der Waals surface area contributed by atoms with E-state index in [4.69, 9.17) is 4.74 Å². The topological polar surface area (TPSA) is 73.2 Å². The van der Waals surface area contributed by atoms with Gasteiger partial charge in [0.1, 0.15) is 5.75 Å². The largest absolute Gasteiger partial charge is 0.494 e. The first-order valence-corrected chi connectivity index (χ1v) is 10.8. The van der Waals surface area contributed by atoms with E-state index in [0.717, 1.165) is 22.8 Å². The highest BCUT2D eigenvalue weighted by Gasteiger charge is 2.26. The maximum atomic E-state index is 12.7. The Morgan fingerprint density at radius 1 is 1.37 bits per heavy atom. The highest BCUT2D eigenvalue weighted by Crippen LogP contribution is 2.34. The molecule has 3 rings (SSSR count). The van der Waals surface area contributed by atoms with Gasteiger partial charge >= 0.3 is 0 Å². The van der Waals surface area contributed by atoms with E-state index in [0.29, 0.717) is 29.2 Å². The van der Waals surface area contributed by atoms with Crippen LogP contribution in [0, 0.1) is 0 Å². The Labute approximate surface area is 167 Å². The zero-order chi connectivity index (χ0) is 19.4. The number of ether oxygens (including phenoxy) is 1. The summed E-state index contributed by atoms with van der Waals surface area (Å²) in [6, 6.07) is 7.26. The fourth-order valence-electron chi connectivity index (χ4n) is 2.85. The lowest BCUT2D eigenvalue weighted by Crippen LogP contribution is -2.25. The Balaban J connectivity index is 1.66. The molecule has 1 atom stereocenters. The molecule has 8 heteroatoms. The number of benzene rings is 1. The Morgan fingerprint density at radius 3 is 2.78 bits per heavy atom. The van der Waals surface area contributed by atoms with Gasteiger partial charge in [-0.1, -0.05) is 18.7 Å². The second-order valence-electron chi connectivity index (χ2n) is 6.15. The van der Waals surface area contributed by atoms with E-state index in [1.165, 1.54) is 11.8 Å². The zero-order valence-electron chi connectivity index (χ0n) is 15.7. The zero-order valence-corrected chi connectivity index (χ0v) is 17.3. The predicted octanol–water partition coefficient (Wildman–Crippen LogP) is 3.43. The average molecular weight is 406 g/mol. The molecule has 0 saturated heterocycles. The first-order chi connectivity index (χ1) is 13.0. The summed E-state index contributed by atoms with van der Waals surface area (Å²) in [5.41, 5.74) is 1.58. The van der Waals surface area contributed by atoms with Gasteiger partial charge in [0, 0.05) is 23.9 Å². The van der Waals surface area contributed by atoms with Crippen molar-refractivity contribution in [2.75, 3.05) is 17.7 Å². The molecule has 0 spiro atoms. The van der Waals surface area contributed by atoms with Crippen LogP contribution in [0.4, 0.5) is 5.69 Å². The van der Waals surface area contributed by atoms with Crippen molar-refractivity contribution in [2.45, 2.75) is 49.0 Å². The molecule has 0 saturated carbocycles. The highest BCUT2D eigenvalue weighted by molar-refractivity contribution is 8.00. The molecule has 0 radical (unpaired) electrons. The van der Waals surface area contributed by atoms with Crippen molar-refractivity contribution < 1.29 is 9.53 Å². The number of anilines is 1. The van der Waals surface area contributed by atoms with E-state index in [2.05, 4.69) is 17.2 Å². The lowest BCUT2D eigenvalue weighted by atomic mass is 10.2. The van der Waals surface area contributed by atoms with E-state index in [1.807, 2.05) is 38.1 Å². The van der Waals surface area contributed by atoms with Gasteiger partial charge in [0.15, 0.2) is 5.16 Å². The third-order valence-electron chi connectivity index (χ3n) is 4.06. The summed E-state index contributed by atoms with van der Waals surface area (Å²) in [6.45, 7) is 7.08. The van der Waals surface area contributed by atoms with Gasteiger partial charge in [0.2, 0.25) is 5.91 Å². The SMILES string of the molecule is CCOc1ccc(NC(=O)CSc2nc3c(c(=O)n2CC)SC(C)C3)cc1. The minimum atomic E-state index is -0.135. The van der Waals surface area contributed by atoms with Gasteiger partial charge in [-0.25, -0.2) is 4.98 Å². The van der Waals surface area contributed by atoms with E-state index in [9.17, 15) is 9.59 Å². The second-order valence-corrected chi connectivity index (χ2v) is 8.54. The van der Waals surface area contributed by atoms with Crippen LogP contribution >= 0.6 is 23.5 Å². The Hall–Kier alpha value is -1.93. The second kappa shape index (κ2) is 8.84. The third-order valence-corrected chi connectivity index (χ3v) is 6.25. The fourth-order valence-corrected chi connectivity index (χ4v) is 4.84. The van der Waals surface area contributed by atoms with Crippen molar-refractivity contribution in [1.82, 2.24) is 9.55 Å². The molecule has 1 aromatic heterocycles. The maximum absolute atomic E-state index is 12.7. The van der Waals surface area contributed by atoms with Gasteiger partial charge in [-0.2, -0.15) is 0 Å². The third kappa shape index (κ3) is 4.68. The summed E-state index contributed by atoms with van der Waals surface area (Å²) in [4.78, 5) is 30.4. The monoisotopic (exact) mass is 405 g/mol. The van der Waals surface area contributed by atoms with Crippen LogP contribution in [0.15, 0.2) is 39.1 Å². The minimum Gasteiger partial charge on any atom is -0.494 e. The number of hydrogen-bond donors (Lipinski definition) is 1. The molecule has 6 nitrogen and oxygen atoms in total. The molecule has 1 aliphatic rings. The summed E-state index contributed by atoms with van der Waals surface area (Å²) in [5, 5.41) is 3.84. The summed E-state index contributed by atoms with van der Waals surface area (Å²) < 4.78 is 7.04. The standard InChI is InChI=1S/C19H23N3O3S2/c1-4-22-18(24)17-15(10-12(3)27-17)21-19(22)26-11-16(23)20-13-6-8-14(9-7-13)25-5-2/h6-9,12H,4-5,10-11H2,1-3H3,(H,20,23). The predicted molar refractivity (Wildman–Crippen MR) is 110 cm³/mol. The van der Waals surface area contributed by atoms with E-state index >= 15 is 0 Å². The summed E-state index contributed by atoms with van der Waals surface area (Å²) in [5.74, 6) is 0.830. The van der Waals surface area contributed by atoms with Gasteiger partial charge in [0.05, 0.1) is 22.9 Å². The number of amides is 1. The van der Waals surface area contributed by atoms with E-state index in [1.54, 1.807) is 16.3 Å². The molecule has 1 aliphatic heterocycles. The first kappa shape index (κ1) is 19.8. The lowest BCUT2D eigenvalue weighted by molar-refractivity contribution is -0.113. The van der Waals surface area contributed by atoms with E-state index in [-0.39, 0.29) is 17.2 Å². The molecular weight excluding hydrogens is 382 g/mol. The Bertz CT molecular complexity index is 881. The van der Waals surface area contributed by atoms with Crippen LogP contribution in [-0.2, 0) is 17.8 Å². The number of carbonyl (C=O) groups excluding carboxylic acids is 1. The normalized spacial score (nSPS) is 15.4. The van der Waals surface area contributed by atoms with Crippen molar-refractivity contribution >= 4 is 35.1 Å². The number of hydrogen-bond acceptors (Lipinski definition) is 6. The molecule has 1 N–H and O–H groups in total. The molecule has 2 aromatic rings. The van der Waals surface area contributed by atoms with Gasteiger partial charge in [0.25, 0.3) is 5.56 Å². The number of nitrogens with one attached hydrogen (secondary N) is 1. The van der Waals surface area contributed by atoms with Crippen LogP contribution in [0.3, 0.4) is 0 Å². The number of rotatable bonds is 7. The molecule has 144 valence electrons. The minimum absolute atomic E-state index is 0.00581. The van der Waals surface area contributed by atoms with Crippen molar-refractivity contribution in [1.29, 1.82) is 0 Å². The quantitative estimate of drug-likeness (QED) is 0.562. The Morgan fingerprint density at radius 2 is 2.11 bits per heavy atom. The Kier molecular flexibility index (Phi) is 6.49. The molecule has 1 unspecified atom stereocenters. The van der Waals surface area contributed by atoms with Crippen LogP contribution in [-0.4, -0.2) is 33.1 Å². The van der Waals surface area contributed by atoms with Crippen LogP contribution in [0.2, 0.25) is 0 Å². The average Bonchev–Trinajstić information content (AvgIpc) is 3.02. The van der Waals surface area contributed by atoms with Gasteiger partial charge < -0.3 is 10.1 Å². The molecule has 0 fully saturated rings. The molecule has 0 bridgehead atoms. The van der Waals surface area contributed by atoms with Crippen LogP contribution in [0.25, 0.3) is 0 Å². The first-order valence-electron chi connectivity index (χ1n) is 8.97. The van der Waals surface area contributed by atoms with Crippen LogP contribution in [0.5, 0.6) is 5.75 Å². The molecule has 2 heterocycles. The number of thioether (sulfide) groups is 2. The van der Waals surface area contributed by atoms with Crippen LogP contribution < -0.4 is 15.6 Å². The van der Waals surface area contributed by atoms with Crippen molar-refractivity contribution in [2.24, 2.45) is 0 Å². The summed E-state index contributed by atoms with van der Waals surface area (Å²) in [6.07, 6.45) is 0.797. The smallest absolute Gasteiger partial charge is 0.268 e. The molecular formula is C19H23N3O3S2. The highest BCUT2D eigenvalue weighted by atomic mass is 32.2. The van der Waals surface area contributed by atoms with Crippen LogP contribution in [0.1, 0.15) is 26.5 Å². The molecule has 27 heavy (non-hydrogen) atoms. The number of nitrogens with zero attached hydrogens (tertiary/aromatic N) is 2.